The highest BCUT2D eigenvalue weighted by Crippen LogP contribution is 2.17. The summed E-state index contributed by atoms with van der Waals surface area (Å²) in [5, 5.41) is 9.72. The molecule has 1 fully saturated rings. The predicted octanol–water partition coefficient (Wildman–Crippen LogP) is 3.71. The number of hydrogen-bond acceptors (Lipinski definition) is 4. The quantitative estimate of drug-likeness (QED) is 0.698. The van der Waals surface area contributed by atoms with Gasteiger partial charge >= 0.3 is 0 Å². The van der Waals surface area contributed by atoms with E-state index in [1.165, 1.54) is 5.56 Å². The highest BCUT2D eigenvalue weighted by Gasteiger charge is 2.22. The zero-order chi connectivity index (χ0) is 20.6. The zero-order valence-electron chi connectivity index (χ0n) is 16.9. The molecule has 1 saturated heterocycles. The van der Waals surface area contributed by atoms with Crippen molar-refractivity contribution in [2.45, 2.75) is 19.9 Å². The number of nitriles is 1. The number of anilines is 1. The van der Waals surface area contributed by atoms with Gasteiger partial charge < -0.3 is 4.90 Å². The highest BCUT2D eigenvalue weighted by atomic mass is 35.5. The Morgan fingerprint density at radius 3 is 2.28 bits per heavy atom. The molecule has 1 aliphatic heterocycles. The fourth-order valence-corrected chi connectivity index (χ4v) is 3.64. The maximum Gasteiger partial charge on any atom is 0.241 e. The van der Waals surface area contributed by atoms with Crippen molar-refractivity contribution in [1.82, 2.24) is 9.80 Å². The Balaban J connectivity index is 1.53. The Morgan fingerprint density at radius 1 is 1.03 bits per heavy atom. The van der Waals surface area contributed by atoms with Gasteiger partial charge in [0.15, 0.2) is 0 Å². The lowest BCUT2D eigenvalue weighted by atomic mass is 10.2. The molecule has 0 atom stereocenters. The molecule has 0 saturated carbocycles. The molecule has 3 rings (SSSR count). The number of aryl methyl sites for hydroxylation is 1. The van der Waals surface area contributed by atoms with E-state index in [2.05, 4.69) is 28.0 Å². The third-order valence-corrected chi connectivity index (χ3v) is 5.49. The highest BCUT2D eigenvalue weighted by molar-refractivity contribution is 6.30. The van der Waals surface area contributed by atoms with E-state index < -0.39 is 0 Å². The van der Waals surface area contributed by atoms with Gasteiger partial charge in [0, 0.05) is 50.0 Å². The lowest BCUT2D eigenvalue weighted by molar-refractivity contribution is -0.120. The molecular formula is C23H27ClN4O. The van der Waals surface area contributed by atoms with Crippen LogP contribution in [0.4, 0.5) is 5.69 Å². The van der Waals surface area contributed by atoms with E-state index in [1.54, 1.807) is 4.90 Å². The molecule has 0 radical (unpaired) electrons. The number of rotatable bonds is 7. The zero-order valence-corrected chi connectivity index (χ0v) is 17.6. The number of halogens is 1. The summed E-state index contributed by atoms with van der Waals surface area (Å²) in [6, 6.07) is 18.0. The number of amides is 1. The van der Waals surface area contributed by atoms with E-state index in [1.807, 2.05) is 43.3 Å². The Morgan fingerprint density at radius 2 is 1.66 bits per heavy atom. The molecule has 1 aliphatic rings. The van der Waals surface area contributed by atoms with Gasteiger partial charge in [-0.2, -0.15) is 5.26 Å². The van der Waals surface area contributed by atoms with Crippen molar-refractivity contribution in [3.63, 3.8) is 0 Å². The van der Waals surface area contributed by atoms with Crippen molar-refractivity contribution in [1.29, 1.82) is 5.26 Å². The van der Waals surface area contributed by atoms with Crippen LogP contribution < -0.4 is 4.90 Å². The van der Waals surface area contributed by atoms with Gasteiger partial charge in [0.2, 0.25) is 5.91 Å². The van der Waals surface area contributed by atoms with Crippen molar-refractivity contribution < 1.29 is 4.79 Å². The number of carbonyl (C=O) groups excluding carboxylic acids is 1. The number of piperazine rings is 1. The summed E-state index contributed by atoms with van der Waals surface area (Å²) < 4.78 is 0. The SMILES string of the molecule is Cc1ccc(N(CCC#N)C(=O)CN2CCN(Cc3ccc(Cl)cc3)CC2)cc1. The van der Waals surface area contributed by atoms with E-state index >= 15 is 0 Å². The van der Waals surface area contributed by atoms with E-state index in [9.17, 15) is 4.79 Å². The molecular weight excluding hydrogens is 384 g/mol. The molecule has 0 spiro atoms. The van der Waals surface area contributed by atoms with Gasteiger partial charge in [0.25, 0.3) is 0 Å². The Bertz CT molecular complexity index is 837. The molecule has 0 unspecified atom stereocenters. The van der Waals surface area contributed by atoms with E-state index in [0.717, 1.165) is 49.0 Å². The minimum absolute atomic E-state index is 0.0512. The average molecular weight is 411 g/mol. The minimum Gasteiger partial charge on any atom is -0.310 e. The topological polar surface area (TPSA) is 50.6 Å². The third-order valence-electron chi connectivity index (χ3n) is 5.24. The second kappa shape index (κ2) is 10.4. The largest absolute Gasteiger partial charge is 0.310 e. The van der Waals surface area contributed by atoms with Gasteiger partial charge in [-0.3, -0.25) is 14.6 Å². The smallest absolute Gasteiger partial charge is 0.241 e. The fraction of sp³-hybridized carbons (Fsp3) is 0.391. The van der Waals surface area contributed by atoms with Gasteiger partial charge in [0.1, 0.15) is 0 Å². The van der Waals surface area contributed by atoms with Crippen LogP contribution in [-0.2, 0) is 11.3 Å². The first-order valence-corrected chi connectivity index (χ1v) is 10.4. The Kier molecular flexibility index (Phi) is 7.65. The van der Waals surface area contributed by atoms with Crippen LogP contribution in [0, 0.1) is 18.3 Å². The van der Waals surface area contributed by atoms with Crippen LogP contribution in [0.2, 0.25) is 5.02 Å². The van der Waals surface area contributed by atoms with Crippen molar-refractivity contribution in [2.75, 3.05) is 44.2 Å². The molecule has 0 aromatic heterocycles. The summed E-state index contributed by atoms with van der Waals surface area (Å²) in [4.78, 5) is 19.3. The van der Waals surface area contributed by atoms with Crippen molar-refractivity contribution in [3.05, 3.63) is 64.7 Å². The Hall–Kier alpha value is -2.39. The normalized spacial score (nSPS) is 15.1. The molecule has 2 aromatic carbocycles. The van der Waals surface area contributed by atoms with E-state index in [0.29, 0.717) is 19.5 Å². The lowest BCUT2D eigenvalue weighted by Crippen LogP contribution is -2.50. The Labute approximate surface area is 178 Å². The summed E-state index contributed by atoms with van der Waals surface area (Å²) in [5.41, 5.74) is 3.26. The predicted molar refractivity (Wildman–Crippen MR) is 117 cm³/mol. The summed E-state index contributed by atoms with van der Waals surface area (Å²) in [7, 11) is 0. The fourth-order valence-electron chi connectivity index (χ4n) is 3.51. The third kappa shape index (κ3) is 6.30. The lowest BCUT2D eigenvalue weighted by Gasteiger charge is -2.35. The summed E-state index contributed by atoms with van der Waals surface area (Å²) in [5.74, 6) is 0.0512. The second-order valence-corrected chi connectivity index (χ2v) is 7.90. The molecule has 6 heteroatoms. The van der Waals surface area contributed by atoms with Crippen LogP contribution in [0.1, 0.15) is 17.5 Å². The van der Waals surface area contributed by atoms with Gasteiger partial charge in [-0.1, -0.05) is 41.4 Å². The van der Waals surface area contributed by atoms with Gasteiger partial charge in [-0.15, -0.1) is 0 Å². The summed E-state index contributed by atoms with van der Waals surface area (Å²) in [6.07, 6.45) is 0.328. The van der Waals surface area contributed by atoms with Gasteiger partial charge in [-0.05, 0) is 36.8 Å². The van der Waals surface area contributed by atoms with Crippen LogP contribution in [0.5, 0.6) is 0 Å². The molecule has 29 heavy (non-hydrogen) atoms. The maximum absolute atomic E-state index is 13.0. The van der Waals surface area contributed by atoms with Gasteiger partial charge in [-0.25, -0.2) is 0 Å². The van der Waals surface area contributed by atoms with Crippen LogP contribution in [0.3, 0.4) is 0 Å². The first kappa shape index (κ1) is 21.3. The van der Waals surface area contributed by atoms with Crippen molar-refractivity contribution in [2.24, 2.45) is 0 Å². The first-order valence-electron chi connectivity index (χ1n) is 9.98. The van der Waals surface area contributed by atoms with Crippen molar-refractivity contribution in [3.8, 4) is 6.07 Å². The number of carbonyl (C=O) groups is 1. The molecule has 1 heterocycles. The first-order chi connectivity index (χ1) is 14.0. The molecule has 0 aliphatic carbocycles. The molecule has 0 bridgehead atoms. The number of hydrogen-bond donors (Lipinski definition) is 0. The molecule has 152 valence electrons. The van der Waals surface area contributed by atoms with Crippen LogP contribution in [0.25, 0.3) is 0 Å². The van der Waals surface area contributed by atoms with Crippen LogP contribution in [-0.4, -0.2) is 55.0 Å². The maximum atomic E-state index is 13.0. The average Bonchev–Trinajstić information content (AvgIpc) is 2.73. The number of benzene rings is 2. The van der Waals surface area contributed by atoms with E-state index in [4.69, 9.17) is 16.9 Å². The number of nitrogens with zero attached hydrogens (tertiary/aromatic N) is 4. The molecule has 0 N–H and O–H groups in total. The molecule has 5 nitrogen and oxygen atoms in total. The standard InChI is InChI=1S/C23H27ClN4O/c1-19-3-9-22(10-4-19)28(12-2-11-25)23(29)18-27-15-13-26(14-16-27)17-20-5-7-21(24)8-6-20/h3-10H,2,12-18H2,1H3. The van der Waals surface area contributed by atoms with Crippen LogP contribution >= 0.6 is 11.6 Å². The van der Waals surface area contributed by atoms with Crippen LogP contribution in [0.15, 0.2) is 48.5 Å². The van der Waals surface area contributed by atoms with Gasteiger partial charge in [0.05, 0.1) is 19.0 Å². The van der Waals surface area contributed by atoms with Crippen molar-refractivity contribution >= 4 is 23.2 Å². The van der Waals surface area contributed by atoms with E-state index in [-0.39, 0.29) is 5.91 Å². The molecule has 2 aromatic rings. The molecule has 1 amide bonds. The monoisotopic (exact) mass is 410 g/mol. The minimum atomic E-state index is 0.0512. The summed E-state index contributed by atoms with van der Waals surface area (Å²) >= 11 is 5.96. The summed E-state index contributed by atoms with van der Waals surface area (Å²) in [6.45, 7) is 7.31. The second-order valence-electron chi connectivity index (χ2n) is 7.47.